The van der Waals surface area contributed by atoms with Gasteiger partial charge >= 0.3 is 0 Å². The molecule has 0 spiro atoms. The SMILES string of the molecule is CCCC(=N)OCC1CCCC1. The third kappa shape index (κ3) is 3.24. The van der Waals surface area contributed by atoms with E-state index in [1.807, 2.05) is 0 Å². The van der Waals surface area contributed by atoms with Crippen molar-refractivity contribution >= 4 is 5.90 Å². The van der Waals surface area contributed by atoms with E-state index < -0.39 is 0 Å². The predicted molar refractivity (Wildman–Crippen MR) is 50.5 cm³/mol. The van der Waals surface area contributed by atoms with E-state index >= 15 is 0 Å². The Hall–Kier alpha value is -0.530. The van der Waals surface area contributed by atoms with Crippen LogP contribution >= 0.6 is 0 Å². The Morgan fingerprint density at radius 1 is 1.42 bits per heavy atom. The number of hydrogen-bond donors (Lipinski definition) is 1. The molecule has 1 saturated carbocycles. The van der Waals surface area contributed by atoms with Crippen molar-refractivity contribution in [3.05, 3.63) is 0 Å². The first-order valence-corrected chi connectivity index (χ1v) is 5.03. The summed E-state index contributed by atoms with van der Waals surface area (Å²) in [6.07, 6.45) is 7.14. The van der Waals surface area contributed by atoms with Gasteiger partial charge in [-0.1, -0.05) is 19.8 Å². The quantitative estimate of drug-likeness (QED) is 0.509. The van der Waals surface area contributed by atoms with Gasteiger partial charge in [-0.2, -0.15) is 0 Å². The molecule has 1 rings (SSSR count). The fourth-order valence-corrected chi connectivity index (χ4v) is 1.69. The fraction of sp³-hybridized carbons (Fsp3) is 0.900. The summed E-state index contributed by atoms with van der Waals surface area (Å²) in [5, 5.41) is 7.43. The molecular weight excluding hydrogens is 150 g/mol. The highest BCUT2D eigenvalue weighted by molar-refractivity contribution is 5.72. The number of rotatable bonds is 4. The molecule has 0 radical (unpaired) electrons. The molecule has 12 heavy (non-hydrogen) atoms. The zero-order valence-corrected chi connectivity index (χ0v) is 7.94. The maximum absolute atomic E-state index is 7.43. The first kappa shape index (κ1) is 9.56. The molecule has 0 aromatic rings. The molecule has 70 valence electrons. The van der Waals surface area contributed by atoms with Gasteiger partial charge in [-0.15, -0.1) is 0 Å². The molecule has 0 bridgehead atoms. The minimum absolute atomic E-state index is 0.476. The van der Waals surface area contributed by atoms with Gasteiger partial charge in [-0.25, -0.2) is 0 Å². The standard InChI is InChI=1S/C10H19NO/c1-2-5-10(11)12-8-9-6-3-4-7-9/h9,11H,2-8H2,1H3. The normalized spacial score (nSPS) is 18.1. The van der Waals surface area contributed by atoms with E-state index in [9.17, 15) is 0 Å². The van der Waals surface area contributed by atoms with Crippen LogP contribution < -0.4 is 0 Å². The third-order valence-electron chi connectivity index (χ3n) is 2.45. The van der Waals surface area contributed by atoms with Gasteiger partial charge in [-0.3, -0.25) is 5.41 Å². The van der Waals surface area contributed by atoms with Crippen LogP contribution in [-0.4, -0.2) is 12.5 Å². The molecule has 2 nitrogen and oxygen atoms in total. The lowest BCUT2D eigenvalue weighted by Crippen LogP contribution is -2.10. The average Bonchev–Trinajstić information content (AvgIpc) is 2.53. The fourth-order valence-electron chi connectivity index (χ4n) is 1.69. The van der Waals surface area contributed by atoms with Gasteiger partial charge in [0.2, 0.25) is 0 Å². The lowest BCUT2D eigenvalue weighted by atomic mass is 10.1. The van der Waals surface area contributed by atoms with Crippen molar-refractivity contribution in [1.29, 1.82) is 5.41 Å². The summed E-state index contributed by atoms with van der Waals surface area (Å²) < 4.78 is 5.35. The average molecular weight is 169 g/mol. The Kier molecular flexibility index (Phi) is 4.12. The van der Waals surface area contributed by atoms with Crippen LogP contribution in [0.25, 0.3) is 0 Å². The maximum atomic E-state index is 7.43. The van der Waals surface area contributed by atoms with Crippen molar-refractivity contribution < 1.29 is 4.74 Å². The number of hydrogen-bond acceptors (Lipinski definition) is 2. The van der Waals surface area contributed by atoms with Crippen molar-refractivity contribution in [3.63, 3.8) is 0 Å². The highest BCUT2D eigenvalue weighted by Gasteiger charge is 2.15. The van der Waals surface area contributed by atoms with E-state index in [0.717, 1.165) is 25.4 Å². The Bertz CT molecular complexity index is 139. The summed E-state index contributed by atoms with van der Waals surface area (Å²) in [6, 6.07) is 0. The van der Waals surface area contributed by atoms with Crippen molar-refractivity contribution in [3.8, 4) is 0 Å². The van der Waals surface area contributed by atoms with Crippen LogP contribution in [0, 0.1) is 11.3 Å². The molecular formula is C10H19NO. The van der Waals surface area contributed by atoms with Crippen molar-refractivity contribution in [2.75, 3.05) is 6.61 Å². The molecule has 1 aliphatic rings. The van der Waals surface area contributed by atoms with Gasteiger partial charge < -0.3 is 4.74 Å². The van der Waals surface area contributed by atoms with Crippen LogP contribution in [0.5, 0.6) is 0 Å². The van der Waals surface area contributed by atoms with Crippen LogP contribution in [0.15, 0.2) is 0 Å². The molecule has 0 aliphatic heterocycles. The summed E-state index contributed by atoms with van der Waals surface area (Å²) in [5.74, 6) is 1.21. The minimum atomic E-state index is 0.476. The largest absolute Gasteiger partial charge is 0.481 e. The van der Waals surface area contributed by atoms with E-state index in [4.69, 9.17) is 10.1 Å². The number of ether oxygens (including phenoxy) is 1. The molecule has 1 N–H and O–H groups in total. The van der Waals surface area contributed by atoms with E-state index in [2.05, 4.69) is 6.92 Å². The van der Waals surface area contributed by atoms with Gasteiger partial charge in [0.25, 0.3) is 0 Å². The maximum Gasteiger partial charge on any atom is 0.180 e. The Morgan fingerprint density at radius 2 is 2.08 bits per heavy atom. The molecule has 1 fully saturated rings. The van der Waals surface area contributed by atoms with Gasteiger partial charge in [0.1, 0.15) is 0 Å². The number of nitrogens with one attached hydrogen (secondary N) is 1. The molecule has 0 unspecified atom stereocenters. The van der Waals surface area contributed by atoms with E-state index in [1.165, 1.54) is 25.7 Å². The second-order valence-electron chi connectivity index (χ2n) is 3.63. The first-order chi connectivity index (χ1) is 5.83. The van der Waals surface area contributed by atoms with E-state index in [0.29, 0.717) is 5.90 Å². The Balaban J connectivity index is 2.03. The van der Waals surface area contributed by atoms with Crippen molar-refractivity contribution in [2.24, 2.45) is 5.92 Å². The molecule has 0 heterocycles. The summed E-state index contributed by atoms with van der Waals surface area (Å²) in [6.45, 7) is 2.87. The monoisotopic (exact) mass is 169 g/mol. The first-order valence-electron chi connectivity index (χ1n) is 5.03. The Labute approximate surface area is 74.8 Å². The highest BCUT2D eigenvalue weighted by Crippen LogP contribution is 2.24. The molecule has 0 aromatic carbocycles. The van der Waals surface area contributed by atoms with E-state index in [-0.39, 0.29) is 0 Å². The lowest BCUT2D eigenvalue weighted by Gasteiger charge is -2.10. The van der Waals surface area contributed by atoms with Crippen LogP contribution in [0.3, 0.4) is 0 Å². The summed E-state index contributed by atoms with van der Waals surface area (Å²) >= 11 is 0. The second kappa shape index (κ2) is 5.18. The molecule has 1 aliphatic carbocycles. The predicted octanol–water partition coefficient (Wildman–Crippen LogP) is 2.97. The topological polar surface area (TPSA) is 33.1 Å². The summed E-state index contributed by atoms with van der Waals surface area (Å²) in [4.78, 5) is 0. The van der Waals surface area contributed by atoms with Gasteiger partial charge in [0.15, 0.2) is 5.90 Å². The molecule has 2 heteroatoms. The lowest BCUT2D eigenvalue weighted by molar-refractivity contribution is 0.232. The molecule has 0 aromatic heterocycles. The van der Waals surface area contributed by atoms with Gasteiger partial charge in [0, 0.05) is 6.42 Å². The van der Waals surface area contributed by atoms with Gasteiger partial charge in [0.05, 0.1) is 6.61 Å². The summed E-state index contributed by atoms with van der Waals surface area (Å²) in [5.41, 5.74) is 0. The molecule has 0 amide bonds. The molecule has 0 atom stereocenters. The zero-order valence-electron chi connectivity index (χ0n) is 7.94. The van der Waals surface area contributed by atoms with Crippen LogP contribution in [-0.2, 0) is 4.74 Å². The second-order valence-corrected chi connectivity index (χ2v) is 3.63. The minimum Gasteiger partial charge on any atom is -0.481 e. The smallest absolute Gasteiger partial charge is 0.180 e. The van der Waals surface area contributed by atoms with Gasteiger partial charge in [-0.05, 0) is 25.2 Å². The Morgan fingerprint density at radius 3 is 2.67 bits per heavy atom. The highest BCUT2D eigenvalue weighted by atomic mass is 16.5. The van der Waals surface area contributed by atoms with Crippen molar-refractivity contribution in [1.82, 2.24) is 0 Å². The zero-order chi connectivity index (χ0) is 8.81. The molecule has 0 saturated heterocycles. The van der Waals surface area contributed by atoms with Crippen LogP contribution in [0.1, 0.15) is 45.4 Å². The summed E-state index contributed by atoms with van der Waals surface area (Å²) in [7, 11) is 0. The van der Waals surface area contributed by atoms with E-state index in [1.54, 1.807) is 0 Å². The van der Waals surface area contributed by atoms with Crippen molar-refractivity contribution in [2.45, 2.75) is 45.4 Å². The van der Waals surface area contributed by atoms with Crippen LogP contribution in [0.4, 0.5) is 0 Å². The van der Waals surface area contributed by atoms with Crippen LogP contribution in [0.2, 0.25) is 0 Å². The third-order valence-corrected chi connectivity index (χ3v) is 2.45.